The molecular formula is C14H27NO3. The summed E-state index contributed by atoms with van der Waals surface area (Å²) in [5.74, 6) is 0.673. The van der Waals surface area contributed by atoms with E-state index in [1.807, 2.05) is 0 Å². The molecule has 0 unspecified atom stereocenters. The normalized spacial score (nSPS) is 16.7. The van der Waals surface area contributed by atoms with Gasteiger partial charge in [0.25, 0.3) is 0 Å². The van der Waals surface area contributed by atoms with Gasteiger partial charge in [-0.2, -0.15) is 0 Å². The van der Waals surface area contributed by atoms with Gasteiger partial charge in [0.15, 0.2) is 0 Å². The van der Waals surface area contributed by atoms with Gasteiger partial charge in [-0.3, -0.25) is 4.79 Å². The van der Waals surface area contributed by atoms with Crippen LogP contribution in [-0.2, 0) is 14.3 Å². The van der Waals surface area contributed by atoms with Crippen LogP contribution < -0.4 is 5.32 Å². The highest BCUT2D eigenvalue weighted by atomic mass is 16.5. The van der Waals surface area contributed by atoms with Crippen LogP contribution in [0.5, 0.6) is 0 Å². The summed E-state index contributed by atoms with van der Waals surface area (Å²) < 4.78 is 10.5. The Morgan fingerprint density at radius 3 is 2.56 bits per heavy atom. The molecule has 18 heavy (non-hydrogen) atoms. The van der Waals surface area contributed by atoms with Crippen LogP contribution in [0.15, 0.2) is 0 Å². The van der Waals surface area contributed by atoms with Crippen molar-refractivity contribution in [2.45, 2.75) is 45.4 Å². The number of rotatable bonds is 9. The molecular weight excluding hydrogens is 230 g/mol. The fraction of sp³-hybridized carbons (Fsp3) is 0.929. The molecule has 0 atom stereocenters. The van der Waals surface area contributed by atoms with E-state index >= 15 is 0 Å². The lowest BCUT2D eigenvalue weighted by atomic mass is 9.89. The molecule has 0 aromatic rings. The zero-order chi connectivity index (χ0) is 13.1. The Balaban J connectivity index is 1.90. The summed E-state index contributed by atoms with van der Waals surface area (Å²) in [6, 6.07) is 0. The Hall–Kier alpha value is -0.610. The van der Waals surface area contributed by atoms with Gasteiger partial charge in [-0.05, 0) is 25.2 Å². The molecule has 0 aromatic carbocycles. The maximum Gasteiger partial charge on any atom is 0.246 e. The number of hydrogen-bond donors (Lipinski definition) is 1. The number of nitrogens with one attached hydrogen (secondary N) is 1. The molecule has 1 N–H and O–H groups in total. The molecule has 0 bridgehead atoms. The van der Waals surface area contributed by atoms with E-state index in [9.17, 15) is 4.79 Å². The largest absolute Gasteiger partial charge is 0.379 e. The third-order valence-corrected chi connectivity index (χ3v) is 3.27. The van der Waals surface area contributed by atoms with Crippen LogP contribution in [-0.4, -0.2) is 38.9 Å². The molecule has 4 nitrogen and oxygen atoms in total. The van der Waals surface area contributed by atoms with Gasteiger partial charge in [0.1, 0.15) is 6.61 Å². The van der Waals surface area contributed by atoms with Gasteiger partial charge >= 0.3 is 0 Å². The quantitative estimate of drug-likeness (QED) is 0.644. The second-order valence-electron chi connectivity index (χ2n) is 4.97. The smallest absolute Gasteiger partial charge is 0.246 e. The number of amides is 1. The first-order valence-electron chi connectivity index (χ1n) is 7.25. The van der Waals surface area contributed by atoms with Gasteiger partial charge < -0.3 is 14.8 Å². The summed E-state index contributed by atoms with van der Waals surface area (Å²) in [5, 5.41) is 2.95. The predicted molar refractivity (Wildman–Crippen MR) is 71.5 cm³/mol. The first-order valence-corrected chi connectivity index (χ1v) is 7.25. The van der Waals surface area contributed by atoms with Crippen LogP contribution in [0.1, 0.15) is 45.4 Å². The SMILES string of the molecule is CCCOCCOCC(=O)NCC1CCCCC1. The van der Waals surface area contributed by atoms with Crippen molar-refractivity contribution in [1.29, 1.82) is 0 Å². The molecule has 4 heteroatoms. The summed E-state index contributed by atoms with van der Waals surface area (Å²) >= 11 is 0. The molecule has 1 aliphatic rings. The highest BCUT2D eigenvalue weighted by Crippen LogP contribution is 2.22. The monoisotopic (exact) mass is 257 g/mol. The van der Waals surface area contributed by atoms with Gasteiger partial charge in [0.2, 0.25) is 5.91 Å². The zero-order valence-electron chi connectivity index (χ0n) is 11.6. The third kappa shape index (κ3) is 7.67. The average molecular weight is 257 g/mol. The van der Waals surface area contributed by atoms with Crippen molar-refractivity contribution in [2.24, 2.45) is 5.92 Å². The second-order valence-corrected chi connectivity index (χ2v) is 4.97. The summed E-state index contributed by atoms with van der Waals surface area (Å²) in [7, 11) is 0. The molecule has 0 heterocycles. The van der Waals surface area contributed by atoms with E-state index in [2.05, 4.69) is 12.2 Å². The van der Waals surface area contributed by atoms with Gasteiger partial charge in [-0.1, -0.05) is 26.2 Å². The molecule has 1 saturated carbocycles. The van der Waals surface area contributed by atoms with Crippen molar-refractivity contribution in [3.8, 4) is 0 Å². The molecule has 0 radical (unpaired) electrons. The zero-order valence-corrected chi connectivity index (χ0v) is 11.6. The summed E-state index contributed by atoms with van der Waals surface area (Å²) in [4.78, 5) is 11.5. The van der Waals surface area contributed by atoms with Gasteiger partial charge in [0, 0.05) is 13.2 Å². The standard InChI is InChI=1S/C14H27NO3/c1-2-8-17-9-10-18-12-14(16)15-11-13-6-4-3-5-7-13/h13H,2-12H2,1H3,(H,15,16). The third-order valence-electron chi connectivity index (χ3n) is 3.27. The minimum absolute atomic E-state index is 0.00364. The lowest BCUT2D eigenvalue weighted by molar-refractivity contribution is -0.126. The predicted octanol–water partition coefficient (Wildman–Crippen LogP) is 2.13. The minimum atomic E-state index is -0.00364. The Morgan fingerprint density at radius 2 is 1.83 bits per heavy atom. The molecule has 0 spiro atoms. The van der Waals surface area contributed by atoms with Crippen LogP contribution in [0.2, 0.25) is 0 Å². The van der Waals surface area contributed by atoms with E-state index in [1.54, 1.807) is 0 Å². The first kappa shape index (κ1) is 15.4. The molecule has 0 aromatic heterocycles. The average Bonchev–Trinajstić information content (AvgIpc) is 2.41. The lowest BCUT2D eigenvalue weighted by Crippen LogP contribution is -2.33. The Bertz CT molecular complexity index is 215. The van der Waals surface area contributed by atoms with E-state index in [4.69, 9.17) is 9.47 Å². The van der Waals surface area contributed by atoms with E-state index in [-0.39, 0.29) is 12.5 Å². The molecule has 1 rings (SSSR count). The van der Waals surface area contributed by atoms with E-state index in [0.717, 1.165) is 19.6 Å². The molecule has 1 aliphatic carbocycles. The van der Waals surface area contributed by atoms with Crippen LogP contribution >= 0.6 is 0 Å². The molecule has 0 saturated heterocycles. The highest BCUT2D eigenvalue weighted by Gasteiger charge is 2.13. The number of hydrogen-bond acceptors (Lipinski definition) is 3. The molecule has 106 valence electrons. The Morgan fingerprint density at radius 1 is 1.11 bits per heavy atom. The van der Waals surface area contributed by atoms with E-state index < -0.39 is 0 Å². The number of carbonyl (C=O) groups excluding carboxylic acids is 1. The van der Waals surface area contributed by atoms with E-state index in [0.29, 0.717) is 19.1 Å². The maximum absolute atomic E-state index is 11.5. The highest BCUT2D eigenvalue weighted by molar-refractivity contribution is 5.77. The topological polar surface area (TPSA) is 47.6 Å². The summed E-state index contributed by atoms with van der Waals surface area (Å²) in [5.41, 5.74) is 0. The maximum atomic E-state index is 11.5. The van der Waals surface area contributed by atoms with Crippen LogP contribution in [0.4, 0.5) is 0 Å². The van der Waals surface area contributed by atoms with Crippen LogP contribution in [0.3, 0.4) is 0 Å². The summed E-state index contributed by atoms with van der Waals surface area (Å²) in [6.07, 6.45) is 7.50. The second kappa shape index (κ2) is 10.3. The van der Waals surface area contributed by atoms with Crippen molar-refractivity contribution in [1.82, 2.24) is 5.32 Å². The fourth-order valence-electron chi connectivity index (χ4n) is 2.23. The Labute approximate surface area is 110 Å². The Kier molecular flexibility index (Phi) is 8.86. The van der Waals surface area contributed by atoms with Gasteiger partial charge in [-0.25, -0.2) is 0 Å². The lowest BCUT2D eigenvalue weighted by Gasteiger charge is -2.21. The van der Waals surface area contributed by atoms with Crippen molar-refractivity contribution < 1.29 is 14.3 Å². The molecule has 0 aliphatic heterocycles. The fourth-order valence-corrected chi connectivity index (χ4v) is 2.23. The molecule has 1 amide bonds. The number of ether oxygens (including phenoxy) is 2. The number of carbonyl (C=O) groups is 1. The van der Waals surface area contributed by atoms with Gasteiger partial charge in [-0.15, -0.1) is 0 Å². The first-order chi connectivity index (χ1) is 8.83. The van der Waals surface area contributed by atoms with Crippen molar-refractivity contribution in [3.63, 3.8) is 0 Å². The van der Waals surface area contributed by atoms with Crippen molar-refractivity contribution in [2.75, 3.05) is 33.0 Å². The molecule has 1 fully saturated rings. The summed E-state index contributed by atoms with van der Waals surface area (Å²) in [6.45, 7) is 4.87. The minimum Gasteiger partial charge on any atom is -0.379 e. The van der Waals surface area contributed by atoms with Crippen molar-refractivity contribution >= 4 is 5.91 Å². The van der Waals surface area contributed by atoms with E-state index in [1.165, 1.54) is 32.1 Å². The van der Waals surface area contributed by atoms with Crippen LogP contribution in [0.25, 0.3) is 0 Å². The van der Waals surface area contributed by atoms with Gasteiger partial charge in [0.05, 0.1) is 13.2 Å². The van der Waals surface area contributed by atoms with Crippen molar-refractivity contribution in [3.05, 3.63) is 0 Å². The van der Waals surface area contributed by atoms with Crippen LogP contribution in [0, 0.1) is 5.92 Å².